The molecule has 2 heterocycles. The molecule has 152 valence electrons. The second kappa shape index (κ2) is 8.15. The highest BCUT2D eigenvalue weighted by Crippen LogP contribution is 2.41. The summed E-state index contributed by atoms with van der Waals surface area (Å²) >= 11 is 0. The van der Waals surface area contributed by atoms with Crippen molar-refractivity contribution in [3.8, 4) is 17.1 Å². The van der Waals surface area contributed by atoms with Crippen molar-refractivity contribution in [1.82, 2.24) is 14.5 Å². The van der Waals surface area contributed by atoms with Crippen molar-refractivity contribution in [1.29, 1.82) is 0 Å². The summed E-state index contributed by atoms with van der Waals surface area (Å²) in [6, 6.07) is 0. The van der Waals surface area contributed by atoms with Crippen molar-refractivity contribution >= 4 is 5.97 Å². The van der Waals surface area contributed by atoms with Gasteiger partial charge in [-0.25, -0.2) is 9.78 Å². The second-order valence-corrected chi connectivity index (χ2v) is 6.82. The molecule has 0 amide bonds. The molecule has 0 bridgehead atoms. The smallest absolute Gasteiger partial charge is 0.345 e. The molecule has 0 radical (unpaired) electrons. The number of hydrogen-bond donors (Lipinski definition) is 3. The molecule has 9 nitrogen and oxygen atoms in total. The van der Waals surface area contributed by atoms with Gasteiger partial charge in [-0.1, -0.05) is 6.92 Å². The lowest BCUT2D eigenvalue weighted by molar-refractivity contribution is 0.0573. The Morgan fingerprint density at radius 3 is 2.79 bits per heavy atom. The first-order valence-corrected chi connectivity index (χ1v) is 9.28. The summed E-state index contributed by atoms with van der Waals surface area (Å²) in [5.41, 5.74) is 0.841. The van der Waals surface area contributed by atoms with E-state index in [1.165, 1.54) is 0 Å². The summed E-state index contributed by atoms with van der Waals surface area (Å²) in [6.45, 7) is 5.79. The average Bonchev–Trinajstić information content (AvgIpc) is 2.93. The van der Waals surface area contributed by atoms with Crippen LogP contribution in [0.1, 0.15) is 53.6 Å². The molecule has 3 N–H and O–H groups in total. The highest BCUT2D eigenvalue weighted by molar-refractivity contribution is 5.92. The molecule has 0 aliphatic heterocycles. The number of aromatic carboxylic acids is 1. The van der Waals surface area contributed by atoms with Crippen LogP contribution in [-0.4, -0.2) is 51.0 Å². The van der Waals surface area contributed by atoms with Crippen LogP contribution in [0.4, 0.5) is 0 Å². The molecule has 2 aromatic rings. The minimum absolute atomic E-state index is 0.133. The summed E-state index contributed by atoms with van der Waals surface area (Å²) in [5, 5.41) is 19.9. The predicted molar refractivity (Wildman–Crippen MR) is 101 cm³/mol. The molecule has 0 aromatic carbocycles. The lowest BCUT2D eigenvalue weighted by Gasteiger charge is -2.15. The second-order valence-electron chi connectivity index (χ2n) is 6.82. The maximum Gasteiger partial charge on any atom is 0.345 e. The van der Waals surface area contributed by atoms with Gasteiger partial charge in [0.15, 0.2) is 5.56 Å². The Morgan fingerprint density at radius 2 is 2.14 bits per heavy atom. The molecule has 0 fully saturated rings. The van der Waals surface area contributed by atoms with Crippen LogP contribution in [0.5, 0.6) is 5.75 Å². The van der Waals surface area contributed by atoms with E-state index in [4.69, 9.17) is 9.47 Å². The van der Waals surface area contributed by atoms with Crippen molar-refractivity contribution in [3.05, 3.63) is 33.0 Å². The van der Waals surface area contributed by atoms with Crippen LogP contribution in [0.2, 0.25) is 0 Å². The van der Waals surface area contributed by atoms with Crippen molar-refractivity contribution in [2.75, 3.05) is 20.3 Å². The Balaban J connectivity index is 2.14. The molecule has 0 saturated carbocycles. The zero-order chi connectivity index (χ0) is 20.4. The predicted octanol–water partition coefficient (Wildman–Crippen LogP) is 1.87. The van der Waals surface area contributed by atoms with E-state index in [0.717, 1.165) is 5.69 Å². The highest BCUT2D eigenvalue weighted by atomic mass is 16.5. The number of aromatic amines is 1. The molecular formula is C19H25N3O6. The van der Waals surface area contributed by atoms with Crippen LogP contribution in [0.25, 0.3) is 11.4 Å². The molecule has 0 unspecified atom stereocenters. The van der Waals surface area contributed by atoms with Crippen LogP contribution in [0, 0.1) is 0 Å². The zero-order valence-corrected chi connectivity index (χ0v) is 16.2. The molecule has 0 spiro atoms. The van der Waals surface area contributed by atoms with Crippen LogP contribution < -0.4 is 5.56 Å². The summed E-state index contributed by atoms with van der Waals surface area (Å²) in [6.07, 6.45) is 1.38. The minimum Gasteiger partial charge on any atom is -0.506 e. The number of carboxylic acid groups (broad SMARTS) is 1. The van der Waals surface area contributed by atoms with Crippen LogP contribution in [0.15, 0.2) is 4.79 Å². The van der Waals surface area contributed by atoms with Gasteiger partial charge in [-0.15, -0.1) is 0 Å². The van der Waals surface area contributed by atoms with Gasteiger partial charge in [0.2, 0.25) is 0 Å². The number of ether oxygens (including phenoxy) is 2. The number of hydrogen-bond acceptors (Lipinski definition) is 6. The third-order valence-electron chi connectivity index (χ3n) is 5.12. The Kier molecular flexibility index (Phi) is 5.85. The van der Waals surface area contributed by atoms with Gasteiger partial charge in [-0.2, -0.15) is 0 Å². The largest absolute Gasteiger partial charge is 0.506 e. The van der Waals surface area contributed by atoms with E-state index in [1.807, 2.05) is 18.4 Å². The van der Waals surface area contributed by atoms with E-state index in [2.05, 4.69) is 9.97 Å². The van der Waals surface area contributed by atoms with Gasteiger partial charge in [0.25, 0.3) is 5.56 Å². The normalized spacial score (nSPS) is 15.8. The number of H-pyrrole nitrogens is 1. The fraction of sp³-hybridized carbons (Fsp3) is 0.526. The van der Waals surface area contributed by atoms with Crippen molar-refractivity contribution in [2.24, 2.45) is 0 Å². The first-order chi connectivity index (χ1) is 13.4. The molecule has 3 rings (SSSR count). The maximum absolute atomic E-state index is 12.3. The fourth-order valence-corrected chi connectivity index (χ4v) is 3.75. The number of rotatable bonds is 7. The number of methoxy groups -OCH3 is 1. The third kappa shape index (κ3) is 3.43. The van der Waals surface area contributed by atoms with Crippen LogP contribution in [-0.2, 0) is 29.0 Å². The molecule has 9 heteroatoms. The monoisotopic (exact) mass is 391 g/mol. The van der Waals surface area contributed by atoms with E-state index in [9.17, 15) is 19.8 Å². The highest BCUT2D eigenvalue weighted by Gasteiger charge is 2.31. The number of carbonyl (C=O) groups is 1. The maximum atomic E-state index is 12.3. The number of nitrogens with zero attached hydrogens (tertiary/aromatic N) is 2. The number of nitrogens with one attached hydrogen (secondary N) is 1. The van der Waals surface area contributed by atoms with Crippen molar-refractivity contribution in [3.63, 3.8) is 0 Å². The molecule has 2 aromatic heterocycles. The minimum atomic E-state index is -1.45. The van der Waals surface area contributed by atoms with E-state index >= 15 is 0 Å². The molecule has 0 saturated heterocycles. The van der Waals surface area contributed by atoms with Crippen molar-refractivity contribution < 1.29 is 24.5 Å². The van der Waals surface area contributed by atoms with Gasteiger partial charge in [0.05, 0.1) is 18.9 Å². The summed E-state index contributed by atoms with van der Waals surface area (Å²) in [7, 11) is 1.60. The number of imidazole rings is 1. The van der Waals surface area contributed by atoms with Crippen LogP contribution in [0.3, 0.4) is 0 Å². The Morgan fingerprint density at radius 1 is 1.39 bits per heavy atom. The van der Waals surface area contributed by atoms with Gasteiger partial charge in [-0.05, 0) is 25.7 Å². The number of fused-ring (bicyclic) bond motifs is 3. The number of pyridine rings is 1. The molecular weight excluding hydrogens is 366 g/mol. The van der Waals surface area contributed by atoms with Crippen LogP contribution >= 0.6 is 0 Å². The van der Waals surface area contributed by atoms with Gasteiger partial charge < -0.3 is 29.2 Å². The SMILES string of the molecule is CCn1c(COCCOC)nc2c1CC[C@H](C)c1c-2[nH]c(=O)c(C(=O)O)c1O. The summed E-state index contributed by atoms with van der Waals surface area (Å²) in [5.74, 6) is -1.35. The van der Waals surface area contributed by atoms with E-state index in [1.54, 1.807) is 7.11 Å². The van der Waals surface area contributed by atoms with Gasteiger partial charge in [0, 0.05) is 24.9 Å². The number of aromatic hydroxyl groups is 1. The van der Waals surface area contributed by atoms with Crippen molar-refractivity contribution in [2.45, 2.75) is 45.8 Å². The Bertz CT molecular complexity index is 946. The lowest BCUT2D eigenvalue weighted by Crippen LogP contribution is -2.20. The standard InChI is InChI=1S/C19H25N3O6/c1-4-22-11-6-5-10(2)13-16(21-18(24)14(17(13)23)19(25)26)15(11)20-12(22)9-28-8-7-27-3/h10H,4-9H2,1-3H3,(H,25,26)(H2,21,23,24)/t10-/m0/s1. The quantitative estimate of drug-likeness (QED) is 0.615. The average molecular weight is 391 g/mol. The first kappa shape index (κ1) is 20.1. The molecule has 1 aliphatic rings. The summed E-state index contributed by atoms with van der Waals surface area (Å²) in [4.78, 5) is 31.1. The number of carboxylic acids is 1. The molecule has 28 heavy (non-hydrogen) atoms. The Labute approximate surface area is 161 Å². The first-order valence-electron chi connectivity index (χ1n) is 9.28. The van der Waals surface area contributed by atoms with E-state index in [0.29, 0.717) is 62.0 Å². The zero-order valence-electron chi connectivity index (χ0n) is 16.2. The van der Waals surface area contributed by atoms with Gasteiger partial charge in [-0.3, -0.25) is 4.79 Å². The topological polar surface area (TPSA) is 127 Å². The van der Waals surface area contributed by atoms with E-state index in [-0.39, 0.29) is 5.92 Å². The summed E-state index contributed by atoms with van der Waals surface area (Å²) < 4.78 is 12.6. The third-order valence-corrected chi connectivity index (χ3v) is 5.12. The number of aromatic nitrogens is 3. The molecule has 1 atom stereocenters. The lowest BCUT2D eigenvalue weighted by atomic mass is 9.94. The molecule has 1 aliphatic carbocycles. The van der Waals surface area contributed by atoms with Gasteiger partial charge >= 0.3 is 5.97 Å². The fourth-order valence-electron chi connectivity index (χ4n) is 3.75. The Hall–Kier alpha value is -2.65. The van der Waals surface area contributed by atoms with Gasteiger partial charge in [0.1, 0.15) is 23.9 Å². The van der Waals surface area contributed by atoms with E-state index < -0.39 is 22.8 Å².